The van der Waals surface area contributed by atoms with Crippen molar-refractivity contribution in [1.82, 2.24) is 15.5 Å². The lowest BCUT2D eigenvalue weighted by Crippen LogP contribution is -2.40. The number of carbonyl (C=O) groups is 2. The van der Waals surface area contributed by atoms with Gasteiger partial charge in [-0.25, -0.2) is 0 Å². The van der Waals surface area contributed by atoms with Gasteiger partial charge in [-0.2, -0.15) is 0 Å². The van der Waals surface area contributed by atoms with E-state index in [1.54, 1.807) is 0 Å². The molecular weight excluding hydrogens is 532 g/mol. The summed E-state index contributed by atoms with van der Waals surface area (Å²) in [5.41, 5.74) is 5.41. The van der Waals surface area contributed by atoms with Gasteiger partial charge in [0.2, 0.25) is 12.8 Å². The Bertz CT molecular complexity index is 917. The van der Waals surface area contributed by atoms with E-state index in [9.17, 15) is 9.59 Å². The average Bonchev–Trinajstić information content (AvgIpc) is 2.97. The standard InChI is InChI=1S/C17H28N2O.C11H15Cl.C6H14N2O/c1-5-15(2)17-9-7-16(8-10-17)13-19(3,4)12-6-11-18-14-20;1-3-9(2)11-6-4-10(8-12)5-7-11;1-8(2)5-3-4-7-6-9/h7-10,14-15H,5-6,11-13H2,1-4H3;4-7,9H,3,8H2,1-2H3;6H,3-5H2,1-2H3,(H,7,9)/p+1. The second-order valence-corrected chi connectivity index (χ2v) is 12.0. The van der Waals surface area contributed by atoms with Crippen molar-refractivity contribution in [2.45, 2.75) is 77.6 Å². The van der Waals surface area contributed by atoms with Gasteiger partial charge in [-0.05, 0) is 68.4 Å². The number of rotatable bonds is 17. The first-order valence-corrected chi connectivity index (χ1v) is 15.6. The summed E-state index contributed by atoms with van der Waals surface area (Å²) in [6.45, 7) is 13.6. The molecule has 0 fully saturated rings. The van der Waals surface area contributed by atoms with Crippen molar-refractivity contribution in [2.75, 3.05) is 54.4 Å². The Labute approximate surface area is 256 Å². The molecule has 41 heavy (non-hydrogen) atoms. The van der Waals surface area contributed by atoms with Crippen molar-refractivity contribution in [1.29, 1.82) is 0 Å². The van der Waals surface area contributed by atoms with E-state index in [0.29, 0.717) is 17.7 Å². The van der Waals surface area contributed by atoms with E-state index in [2.05, 4.69) is 106 Å². The summed E-state index contributed by atoms with van der Waals surface area (Å²) >= 11 is 5.69. The molecule has 0 aliphatic heterocycles. The van der Waals surface area contributed by atoms with Crippen LogP contribution in [0.2, 0.25) is 0 Å². The highest BCUT2D eigenvalue weighted by atomic mass is 35.5. The molecule has 2 aromatic rings. The highest BCUT2D eigenvalue weighted by molar-refractivity contribution is 6.17. The van der Waals surface area contributed by atoms with Crippen LogP contribution >= 0.6 is 11.6 Å². The number of benzene rings is 2. The Morgan fingerprint density at radius 3 is 1.61 bits per heavy atom. The maximum Gasteiger partial charge on any atom is 0.207 e. The third kappa shape index (κ3) is 19.4. The molecule has 232 valence electrons. The van der Waals surface area contributed by atoms with Gasteiger partial charge in [0.25, 0.3) is 0 Å². The summed E-state index contributed by atoms with van der Waals surface area (Å²) in [6.07, 6.45) is 5.91. The fraction of sp³-hybridized carbons (Fsp3) is 0.588. The second kappa shape index (κ2) is 23.2. The molecule has 0 radical (unpaired) electrons. The molecule has 0 saturated carbocycles. The monoisotopic (exact) mass is 589 g/mol. The highest BCUT2D eigenvalue weighted by Crippen LogP contribution is 2.20. The molecule has 0 aliphatic rings. The van der Waals surface area contributed by atoms with Gasteiger partial charge in [0.1, 0.15) is 6.54 Å². The van der Waals surface area contributed by atoms with Gasteiger partial charge >= 0.3 is 0 Å². The van der Waals surface area contributed by atoms with Crippen molar-refractivity contribution in [2.24, 2.45) is 0 Å². The molecule has 2 atom stereocenters. The lowest BCUT2D eigenvalue weighted by atomic mass is 9.97. The molecule has 6 nitrogen and oxygen atoms in total. The topological polar surface area (TPSA) is 61.4 Å². The van der Waals surface area contributed by atoms with Crippen LogP contribution in [0.25, 0.3) is 0 Å². The molecule has 0 aromatic heterocycles. The van der Waals surface area contributed by atoms with Crippen LogP contribution < -0.4 is 10.6 Å². The minimum atomic E-state index is 0.612. The molecule has 0 aliphatic carbocycles. The van der Waals surface area contributed by atoms with E-state index in [4.69, 9.17) is 11.6 Å². The van der Waals surface area contributed by atoms with Crippen LogP contribution in [0.5, 0.6) is 0 Å². The minimum absolute atomic E-state index is 0.612. The van der Waals surface area contributed by atoms with Crippen LogP contribution in [0.1, 0.15) is 87.5 Å². The third-order valence-corrected chi connectivity index (χ3v) is 7.57. The van der Waals surface area contributed by atoms with Crippen molar-refractivity contribution >= 4 is 24.4 Å². The van der Waals surface area contributed by atoms with E-state index in [-0.39, 0.29) is 0 Å². The largest absolute Gasteiger partial charge is 0.359 e. The van der Waals surface area contributed by atoms with Gasteiger partial charge in [0.05, 0.1) is 20.6 Å². The molecule has 2 unspecified atom stereocenters. The number of quaternary nitrogens is 1. The van der Waals surface area contributed by atoms with E-state index in [1.807, 2.05) is 14.1 Å². The third-order valence-electron chi connectivity index (χ3n) is 7.26. The molecule has 7 heteroatoms. The molecule has 0 spiro atoms. The quantitative estimate of drug-likeness (QED) is 0.0953. The molecule has 0 bridgehead atoms. The van der Waals surface area contributed by atoms with E-state index < -0.39 is 0 Å². The van der Waals surface area contributed by atoms with Crippen LogP contribution in [0.15, 0.2) is 48.5 Å². The van der Waals surface area contributed by atoms with Gasteiger partial charge in [-0.3, -0.25) is 9.59 Å². The van der Waals surface area contributed by atoms with Gasteiger partial charge in [0.15, 0.2) is 0 Å². The first kappa shape index (κ1) is 38.6. The van der Waals surface area contributed by atoms with Crippen LogP contribution in [0.3, 0.4) is 0 Å². The smallest absolute Gasteiger partial charge is 0.207 e. The summed E-state index contributed by atoms with van der Waals surface area (Å²) in [4.78, 5) is 22.0. The predicted molar refractivity (Wildman–Crippen MR) is 176 cm³/mol. The van der Waals surface area contributed by atoms with Gasteiger partial charge < -0.3 is 20.0 Å². The van der Waals surface area contributed by atoms with Crippen LogP contribution in [-0.4, -0.2) is 76.6 Å². The maximum atomic E-state index is 10.2. The lowest BCUT2D eigenvalue weighted by molar-refractivity contribution is -0.903. The molecule has 2 N–H and O–H groups in total. The number of halogens is 1. The van der Waals surface area contributed by atoms with Gasteiger partial charge in [-0.1, -0.05) is 76.2 Å². The first-order chi connectivity index (χ1) is 19.5. The maximum absolute atomic E-state index is 10.2. The number of carbonyl (C=O) groups excluding carboxylic acids is 2. The summed E-state index contributed by atoms with van der Waals surface area (Å²) in [5, 5.41) is 5.32. The number of hydrogen-bond donors (Lipinski definition) is 2. The molecule has 2 rings (SSSR count). The van der Waals surface area contributed by atoms with Crippen molar-refractivity contribution < 1.29 is 14.1 Å². The zero-order chi connectivity index (χ0) is 31.1. The zero-order valence-electron chi connectivity index (χ0n) is 27.1. The summed E-state index contributed by atoms with van der Waals surface area (Å²) in [7, 11) is 8.51. The van der Waals surface area contributed by atoms with Crippen LogP contribution in [0.4, 0.5) is 0 Å². The molecule has 2 amide bonds. The summed E-state index contributed by atoms with van der Waals surface area (Å²) in [6, 6.07) is 17.6. The van der Waals surface area contributed by atoms with E-state index in [1.165, 1.54) is 35.1 Å². The number of hydrogen-bond acceptors (Lipinski definition) is 3. The predicted octanol–water partition coefficient (Wildman–Crippen LogP) is 6.54. The number of alkyl halides is 1. The molecule has 0 saturated heterocycles. The Kier molecular flexibility index (Phi) is 21.8. The number of amides is 2. The van der Waals surface area contributed by atoms with Crippen LogP contribution in [0, 0.1) is 0 Å². The first-order valence-electron chi connectivity index (χ1n) is 15.1. The van der Waals surface area contributed by atoms with Crippen molar-refractivity contribution in [3.05, 3.63) is 70.8 Å². The van der Waals surface area contributed by atoms with Crippen LogP contribution in [-0.2, 0) is 22.0 Å². The lowest BCUT2D eigenvalue weighted by Gasteiger charge is -2.30. The summed E-state index contributed by atoms with van der Waals surface area (Å²) in [5.74, 6) is 1.91. The van der Waals surface area contributed by atoms with E-state index in [0.717, 1.165) is 62.9 Å². The second-order valence-electron chi connectivity index (χ2n) is 11.7. The Hall–Kier alpha value is -2.41. The van der Waals surface area contributed by atoms with Crippen molar-refractivity contribution in [3.8, 4) is 0 Å². The normalized spacial score (nSPS) is 12.2. The molecular formula is C34H58ClN4O2+. The Morgan fingerprint density at radius 1 is 0.780 bits per heavy atom. The van der Waals surface area contributed by atoms with Gasteiger partial charge in [-0.15, -0.1) is 11.6 Å². The fourth-order valence-corrected chi connectivity index (χ4v) is 4.33. The molecule has 0 heterocycles. The SMILES string of the molecule is CCC(C)c1ccc(CCl)cc1.CCC(C)c1ccc(C[N+](C)(C)CCCNC=O)cc1.CN(C)CCCNC=O. The Morgan fingerprint density at radius 2 is 1.22 bits per heavy atom. The molecule has 2 aromatic carbocycles. The average molecular weight is 590 g/mol. The number of nitrogens with one attached hydrogen (secondary N) is 2. The number of nitrogens with zero attached hydrogens (tertiary/aromatic N) is 2. The van der Waals surface area contributed by atoms with Gasteiger partial charge in [0, 0.05) is 31.0 Å². The van der Waals surface area contributed by atoms with Crippen molar-refractivity contribution in [3.63, 3.8) is 0 Å². The highest BCUT2D eigenvalue weighted by Gasteiger charge is 2.15. The Balaban J connectivity index is 0.000000646. The minimum Gasteiger partial charge on any atom is -0.359 e. The summed E-state index contributed by atoms with van der Waals surface area (Å²) < 4.78 is 0.948. The fourth-order valence-electron chi connectivity index (χ4n) is 4.16. The zero-order valence-corrected chi connectivity index (χ0v) is 27.8. The van der Waals surface area contributed by atoms with E-state index >= 15 is 0 Å².